The summed E-state index contributed by atoms with van der Waals surface area (Å²) in [5, 5.41) is 0. The van der Waals surface area contributed by atoms with Crippen LogP contribution in [0.15, 0.2) is 0 Å². The van der Waals surface area contributed by atoms with Crippen molar-refractivity contribution in [1.29, 1.82) is 0 Å². The van der Waals surface area contributed by atoms with Gasteiger partial charge in [-0.1, -0.05) is 0 Å². The van der Waals surface area contributed by atoms with E-state index in [0.29, 0.717) is 0 Å². The maximum Gasteiger partial charge on any atom is 0.503 e. The topological polar surface area (TPSA) is 27.7 Å². The molecule has 0 bridgehead atoms. The maximum atomic E-state index is 13.5. The predicted molar refractivity (Wildman–Crippen MR) is 57.1 cm³/mol. The van der Waals surface area contributed by atoms with Gasteiger partial charge in [0.15, 0.2) is 18.5 Å². The van der Waals surface area contributed by atoms with E-state index in [4.69, 9.17) is 13.3 Å². The minimum atomic E-state index is -3.43. The van der Waals surface area contributed by atoms with Gasteiger partial charge in [0, 0.05) is 21.3 Å². The first-order valence-electron chi connectivity index (χ1n) is 5.15. The summed E-state index contributed by atoms with van der Waals surface area (Å²) >= 11 is 0. The van der Waals surface area contributed by atoms with Crippen molar-refractivity contribution in [3.8, 4) is 0 Å². The molecule has 0 aliphatic rings. The van der Waals surface area contributed by atoms with Gasteiger partial charge in [-0.25, -0.2) is 22.0 Å². The molecule has 0 aliphatic carbocycles. The van der Waals surface area contributed by atoms with Crippen LogP contribution in [0.4, 0.5) is 22.0 Å². The average molecular weight is 296 g/mol. The molecule has 0 saturated heterocycles. The van der Waals surface area contributed by atoms with Crippen LogP contribution in [-0.2, 0) is 13.3 Å². The van der Waals surface area contributed by atoms with Crippen molar-refractivity contribution in [1.82, 2.24) is 0 Å². The van der Waals surface area contributed by atoms with Crippen LogP contribution in [0.1, 0.15) is 0 Å². The van der Waals surface area contributed by atoms with Gasteiger partial charge in [0.2, 0.25) is 0 Å². The third kappa shape index (κ3) is 4.45. The quantitative estimate of drug-likeness (QED) is 0.482. The second kappa shape index (κ2) is 8.03. The molecule has 0 saturated carbocycles. The van der Waals surface area contributed by atoms with E-state index in [1.54, 1.807) is 0 Å². The van der Waals surface area contributed by atoms with Gasteiger partial charge in [-0.15, -0.1) is 0 Å². The Balaban J connectivity index is 4.59. The van der Waals surface area contributed by atoms with E-state index in [-0.39, 0.29) is 0 Å². The highest BCUT2D eigenvalue weighted by Gasteiger charge is 2.46. The molecular formula is C9H17F5O3Si. The lowest BCUT2D eigenvalue weighted by Gasteiger charge is -2.27. The molecule has 0 rings (SSSR count). The largest absolute Gasteiger partial charge is 0.503 e. The highest BCUT2D eigenvalue weighted by Crippen LogP contribution is 2.25. The van der Waals surface area contributed by atoms with Gasteiger partial charge in [-0.2, -0.15) is 0 Å². The van der Waals surface area contributed by atoms with Gasteiger partial charge >= 0.3 is 8.80 Å². The zero-order chi connectivity index (χ0) is 14.3. The Morgan fingerprint density at radius 1 is 0.833 bits per heavy atom. The fourth-order valence-electron chi connectivity index (χ4n) is 1.34. The summed E-state index contributed by atoms with van der Waals surface area (Å²) < 4.78 is 78.6. The lowest BCUT2D eigenvalue weighted by atomic mass is 10.1. The molecule has 0 aliphatic heterocycles. The average Bonchev–Trinajstić information content (AvgIpc) is 2.42. The van der Waals surface area contributed by atoms with Crippen molar-refractivity contribution >= 4 is 8.80 Å². The summed E-state index contributed by atoms with van der Waals surface area (Å²) in [7, 11) is 0.0848. The van der Waals surface area contributed by atoms with Crippen molar-refractivity contribution in [2.45, 2.75) is 30.7 Å². The SMILES string of the molecule is CO[Si](CC(F)C(F)C(F)C(F)CF)(OC)OC. The lowest BCUT2D eigenvalue weighted by molar-refractivity contribution is 0.0211. The molecule has 4 atom stereocenters. The fraction of sp³-hybridized carbons (Fsp3) is 1.00. The zero-order valence-corrected chi connectivity index (χ0v) is 11.3. The predicted octanol–water partition coefficient (Wildman–Crippen LogP) is 2.19. The van der Waals surface area contributed by atoms with Crippen molar-refractivity contribution in [2.24, 2.45) is 0 Å². The molecule has 0 fully saturated rings. The van der Waals surface area contributed by atoms with Crippen LogP contribution in [-0.4, -0.2) is 61.5 Å². The number of hydrogen-bond acceptors (Lipinski definition) is 3. The van der Waals surface area contributed by atoms with E-state index >= 15 is 0 Å². The molecule has 4 unspecified atom stereocenters. The van der Waals surface area contributed by atoms with E-state index in [0.717, 1.165) is 0 Å². The molecular weight excluding hydrogens is 279 g/mol. The Morgan fingerprint density at radius 3 is 1.56 bits per heavy atom. The first-order valence-corrected chi connectivity index (χ1v) is 7.08. The second-order valence-corrected chi connectivity index (χ2v) is 6.57. The van der Waals surface area contributed by atoms with E-state index in [1.807, 2.05) is 0 Å². The molecule has 0 radical (unpaired) electrons. The molecule has 0 N–H and O–H groups in total. The number of rotatable bonds is 9. The van der Waals surface area contributed by atoms with Gasteiger partial charge in [-0.05, 0) is 0 Å². The summed E-state index contributed by atoms with van der Waals surface area (Å²) in [5.41, 5.74) is 0. The van der Waals surface area contributed by atoms with Crippen LogP contribution in [0, 0.1) is 0 Å². The van der Waals surface area contributed by atoms with E-state index in [2.05, 4.69) is 0 Å². The second-order valence-electron chi connectivity index (χ2n) is 3.57. The molecule has 0 amide bonds. The van der Waals surface area contributed by atoms with E-state index < -0.39 is 46.2 Å². The monoisotopic (exact) mass is 296 g/mol. The van der Waals surface area contributed by atoms with Gasteiger partial charge in [-0.3, -0.25) is 0 Å². The van der Waals surface area contributed by atoms with Crippen LogP contribution in [0.3, 0.4) is 0 Å². The summed E-state index contributed by atoms with van der Waals surface area (Å²) in [6.07, 6.45) is -10.8. The zero-order valence-electron chi connectivity index (χ0n) is 10.3. The van der Waals surface area contributed by atoms with Gasteiger partial charge in [0.1, 0.15) is 12.8 Å². The van der Waals surface area contributed by atoms with Crippen LogP contribution >= 0.6 is 0 Å². The van der Waals surface area contributed by atoms with Crippen molar-refractivity contribution in [3.05, 3.63) is 0 Å². The number of halogens is 5. The first-order chi connectivity index (χ1) is 8.37. The Bertz CT molecular complexity index is 224. The van der Waals surface area contributed by atoms with Crippen LogP contribution < -0.4 is 0 Å². The molecule has 3 nitrogen and oxygen atoms in total. The number of alkyl halides is 5. The molecule has 0 aromatic heterocycles. The fourth-order valence-corrected chi connectivity index (χ4v) is 3.04. The van der Waals surface area contributed by atoms with Crippen molar-refractivity contribution in [3.63, 3.8) is 0 Å². The van der Waals surface area contributed by atoms with E-state index in [9.17, 15) is 22.0 Å². The normalized spacial score (nSPS) is 19.3. The molecule has 9 heteroatoms. The highest BCUT2D eigenvalue weighted by molar-refractivity contribution is 6.60. The maximum absolute atomic E-state index is 13.5. The van der Waals surface area contributed by atoms with Gasteiger partial charge in [0.05, 0.1) is 6.04 Å². The summed E-state index contributed by atoms with van der Waals surface area (Å²) in [6.45, 7) is -1.71. The molecule has 0 spiro atoms. The Labute approximate surface area is 104 Å². The molecule has 0 heterocycles. The minimum absolute atomic E-state index is 0.683. The molecule has 18 heavy (non-hydrogen) atoms. The Morgan fingerprint density at radius 2 is 1.22 bits per heavy atom. The first kappa shape index (κ1) is 17.7. The smallest absolute Gasteiger partial charge is 0.377 e. The standard InChI is InChI=1S/C9H17F5O3Si/c1-15-18(16-2,17-3)5-7(12)9(14)8(13)6(11)4-10/h6-9H,4-5H2,1-3H3. The van der Waals surface area contributed by atoms with Crippen LogP contribution in [0.2, 0.25) is 6.04 Å². The van der Waals surface area contributed by atoms with Crippen molar-refractivity contribution in [2.75, 3.05) is 28.0 Å². The summed E-state index contributed by atoms with van der Waals surface area (Å²) in [6, 6.07) is -0.683. The Kier molecular flexibility index (Phi) is 7.91. The van der Waals surface area contributed by atoms with Gasteiger partial charge < -0.3 is 13.3 Å². The molecule has 110 valence electrons. The highest BCUT2D eigenvalue weighted by atomic mass is 28.4. The third-order valence-electron chi connectivity index (χ3n) is 2.52. The van der Waals surface area contributed by atoms with Crippen LogP contribution in [0.5, 0.6) is 0 Å². The van der Waals surface area contributed by atoms with Crippen LogP contribution in [0.25, 0.3) is 0 Å². The van der Waals surface area contributed by atoms with Gasteiger partial charge in [0.25, 0.3) is 0 Å². The van der Waals surface area contributed by atoms with E-state index in [1.165, 1.54) is 21.3 Å². The summed E-state index contributed by atoms with van der Waals surface area (Å²) in [5.74, 6) is 0. The third-order valence-corrected chi connectivity index (χ3v) is 5.28. The summed E-state index contributed by atoms with van der Waals surface area (Å²) in [4.78, 5) is 0. The Hall–Kier alpha value is -0.253. The lowest BCUT2D eigenvalue weighted by Crippen LogP contribution is -2.48. The molecule has 0 aromatic rings. The van der Waals surface area contributed by atoms with Crippen molar-refractivity contribution < 1.29 is 35.2 Å². The minimum Gasteiger partial charge on any atom is -0.377 e. The molecule has 0 aromatic carbocycles. The number of hydrogen-bond donors (Lipinski definition) is 0.